The lowest BCUT2D eigenvalue weighted by Crippen LogP contribution is -2.36. The maximum Gasteiger partial charge on any atom is 0.416 e. The number of alkyl halides is 3. The number of nitrogens with zero attached hydrogens (tertiary/aromatic N) is 4. The molecule has 0 radical (unpaired) electrons. The van der Waals surface area contributed by atoms with E-state index in [1.54, 1.807) is 23.0 Å². The largest absolute Gasteiger partial charge is 0.416 e. The minimum Gasteiger partial charge on any atom is -0.378 e. The van der Waals surface area contributed by atoms with Gasteiger partial charge in [0, 0.05) is 48.2 Å². The van der Waals surface area contributed by atoms with Crippen molar-refractivity contribution in [1.82, 2.24) is 14.9 Å². The van der Waals surface area contributed by atoms with Crippen molar-refractivity contribution in [2.75, 3.05) is 36.1 Å². The van der Waals surface area contributed by atoms with Gasteiger partial charge in [-0.25, -0.2) is 0 Å². The van der Waals surface area contributed by atoms with E-state index < -0.39 is 11.7 Å². The number of anilines is 2. The van der Waals surface area contributed by atoms with Crippen molar-refractivity contribution < 1.29 is 17.9 Å². The van der Waals surface area contributed by atoms with Gasteiger partial charge in [-0.1, -0.05) is 12.1 Å². The molecule has 200 valence electrons. The van der Waals surface area contributed by atoms with Gasteiger partial charge in [0.25, 0.3) is 0 Å². The van der Waals surface area contributed by atoms with E-state index in [0.717, 1.165) is 41.9 Å². The van der Waals surface area contributed by atoms with E-state index in [1.807, 2.05) is 47.4 Å². The maximum atomic E-state index is 13.5. The fourth-order valence-electron chi connectivity index (χ4n) is 5.28. The van der Waals surface area contributed by atoms with E-state index in [1.165, 1.54) is 12.1 Å². The Morgan fingerprint density at radius 3 is 2.36 bits per heavy atom. The van der Waals surface area contributed by atoms with Crippen LogP contribution in [0, 0.1) is 0 Å². The molecule has 0 unspecified atom stereocenters. The van der Waals surface area contributed by atoms with Crippen LogP contribution >= 0.6 is 12.2 Å². The van der Waals surface area contributed by atoms with E-state index in [9.17, 15) is 13.2 Å². The molecule has 2 aromatic heterocycles. The minimum atomic E-state index is -4.44. The van der Waals surface area contributed by atoms with Crippen LogP contribution in [0.2, 0.25) is 0 Å². The molecule has 0 spiro atoms. The topological polar surface area (TPSA) is 45.6 Å². The zero-order valence-corrected chi connectivity index (χ0v) is 21.7. The van der Waals surface area contributed by atoms with E-state index in [2.05, 4.69) is 27.3 Å². The van der Waals surface area contributed by atoms with Gasteiger partial charge in [0.2, 0.25) is 0 Å². The van der Waals surface area contributed by atoms with E-state index >= 15 is 0 Å². The van der Waals surface area contributed by atoms with Gasteiger partial charge >= 0.3 is 6.18 Å². The summed E-state index contributed by atoms with van der Waals surface area (Å²) < 4.78 is 47.9. The van der Waals surface area contributed by atoms with Gasteiger partial charge in [0.15, 0.2) is 5.11 Å². The molecule has 2 aliphatic rings. The van der Waals surface area contributed by atoms with Gasteiger partial charge in [-0.15, -0.1) is 0 Å². The van der Waals surface area contributed by atoms with Gasteiger partial charge < -0.3 is 24.4 Å². The second-order valence-electron chi connectivity index (χ2n) is 9.46. The third kappa shape index (κ3) is 4.97. The van der Waals surface area contributed by atoms with E-state index in [4.69, 9.17) is 17.0 Å². The lowest BCUT2D eigenvalue weighted by molar-refractivity contribution is -0.137. The van der Waals surface area contributed by atoms with Gasteiger partial charge in [0.1, 0.15) is 6.04 Å². The lowest BCUT2D eigenvalue weighted by Gasteiger charge is -2.31. The van der Waals surface area contributed by atoms with Crippen molar-refractivity contribution in [2.45, 2.75) is 18.3 Å². The highest BCUT2D eigenvalue weighted by Gasteiger charge is 2.42. The van der Waals surface area contributed by atoms with Crippen LogP contribution in [0.5, 0.6) is 0 Å². The number of halogens is 3. The molecule has 0 aliphatic carbocycles. The number of morpholine rings is 1. The number of hydrogen-bond acceptors (Lipinski definition) is 4. The molecule has 2 fully saturated rings. The van der Waals surface area contributed by atoms with Crippen molar-refractivity contribution in [2.24, 2.45) is 0 Å². The second-order valence-corrected chi connectivity index (χ2v) is 9.85. The Morgan fingerprint density at radius 1 is 0.872 bits per heavy atom. The SMILES string of the molecule is FC(F)(F)c1cccc(-n2cccc2[C@H]2[C@@H](c3ccccn3)NC(=S)N2c2ccc(N3CCOCC3)cc2)c1. The zero-order valence-electron chi connectivity index (χ0n) is 20.9. The normalized spacial score (nSPS) is 19.8. The molecule has 39 heavy (non-hydrogen) atoms. The summed E-state index contributed by atoms with van der Waals surface area (Å²) in [6.07, 6.45) is -0.936. The summed E-state index contributed by atoms with van der Waals surface area (Å²) in [6, 6.07) is 22.3. The molecule has 1 N–H and O–H groups in total. The number of pyridine rings is 1. The average molecular weight is 550 g/mol. The van der Waals surface area contributed by atoms with Crippen LogP contribution in [-0.2, 0) is 10.9 Å². The second kappa shape index (κ2) is 10.3. The highest BCUT2D eigenvalue weighted by atomic mass is 32.1. The number of benzene rings is 2. The summed E-state index contributed by atoms with van der Waals surface area (Å²) in [6.45, 7) is 3.06. The Kier molecular flexibility index (Phi) is 6.74. The fourth-order valence-corrected chi connectivity index (χ4v) is 5.63. The van der Waals surface area contributed by atoms with E-state index in [-0.39, 0.29) is 12.1 Å². The van der Waals surface area contributed by atoms with Crippen LogP contribution < -0.4 is 15.1 Å². The predicted molar refractivity (Wildman–Crippen MR) is 148 cm³/mol. The quantitative estimate of drug-likeness (QED) is 0.313. The van der Waals surface area contributed by atoms with Crippen LogP contribution in [0.15, 0.2) is 91.3 Å². The fraction of sp³-hybridized carbons (Fsp3) is 0.241. The van der Waals surface area contributed by atoms with Crippen LogP contribution in [0.1, 0.15) is 29.0 Å². The summed E-state index contributed by atoms with van der Waals surface area (Å²) in [5, 5.41) is 3.94. The maximum absolute atomic E-state index is 13.5. The summed E-state index contributed by atoms with van der Waals surface area (Å²) in [7, 11) is 0. The molecule has 6 nitrogen and oxygen atoms in total. The first-order valence-electron chi connectivity index (χ1n) is 12.7. The first-order valence-corrected chi connectivity index (χ1v) is 13.1. The molecule has 6 rings (SSSR count). The number of aromatic nitrogens is 2. The first kappa shape index (κ1) is 25.4. The number of hydrogen-bond donors (Lipinski definition) is 1. The van der Waals surface area contributed by atoms with Crippen molar-refractivity contribution in [3.8, 4) is 5.69 Å². The number of thiocarbonyl (C=S) groups is 1. The van der Waals surface area contributed by atoms with Gasteiger partial charge in [0.05, 0.1) is 30.5 Å². The molecule has 0 saturated carbocycles. The highest BCUT2D eigenvalue weighted by molar-refractivity contribution is 7.80. The molecule has 4 aromatic rings. The van der Waals surface area contributed by atoms with Crippen molar-refractivity contribution in [1.29, 1.82) is 0 Å². The van der Waals surface area contributed by atoms with Gasteiger partial charge in [-0.2, -0.15) is 13.2 Å². The summed E-state index contributed by atoms with van der Waals surface area (Å²) in [5.41, 5.74) is 3.28. The molecule has 0 bridgehead atoms. The third-order valence-corrected chi connectivity index (χ3v) is 7.45. The zero-order chi connectivity index (χ0) is 27.0. The molecule has 2 atom stereocenters. The van der Waals surface area contributed by atoms with Crippen LogP contribution in [0.3, 0.4) is 0 Å². The molecule has 0 amide bonds. The lowest BCUT2D eigenvalue weighted by atomic mass is 10.0. The van der Waals surface area contributed by atoms with Gasteiger partial charge in [-0.05, 0) is 78.9 Å². The number of ether oxygens (including phenoxy) is 1. The monoisotopic (exact) mass is 549 g/mol. The van der Waals surface area contributed by atoms with Crippen molar-refractivity contribution in [3.63, 3.8) is 0 Å². The highest BCUT2D eigenvalue weighted by Crippen LogP contribution is 2.43. The summed E-state index contributed by atoms with van der Waals surface area (Å²) in [5.74, 6) is 0. The van der Waals surface area contributed by atoms with Crippen molar-refractivity contribution >= 4 is 28.7 Å². The predicted octanol–water partition coefficient (Wildman–Crippen LogP) is 5.90. The smallest absolute Gasteiger partial charge is 0.378 e. The summed E-state index contributed by atoms with van der Waals surface area (Å²) in [4.78, 5) is 8.89. The molecule has 2 aliphatic heterocycles. The number of nitrogens with one attached hydrogen (secondary N) is 1. The number of rotatable bonds is 5. The van der Waals surface area contributed by atoms with Gasteiger partial charge in [-0.3, -0.25) is 4.98 Å². The molecular weight excluding hydrogens is 523 g/mol. The van der Waals surface area contributed by atoms with Crippen LogP contribution in [0.4, 0.5) is 24.5 Å². The molecule has 2 saturated heterocycles. The third-order valence-electron chi connectivity index (χ3n) is 7.14. The average Bonchev–Trinajstić information content (AvgIpc) is 3.58. The first-order chi connectivity index (χ1) is 18.9. The molecular formula is C29H26F3N5OS. The molecule has 2 aromatic carbocycles. The standard InChI is InChI=1S/C29H26F3N5OS/c30-29(31,32)20-5-3-6-23(19-20)36-14-4-8-25(36)27-26(24-7-1-2-13-33-24)34-28(39)37(27)22-11-9-21(10-12-22)35-15-17-38-18-16-35/h1-14,19,26-27H,15-18H2,(H,34,39)/t26-,27+/m1/s1. The van der Waals surface area contributed by atoms with Crippen molar-refractivity contribution in [3.05, 3.63) is 108 Å². The Hall–Kier alpha value is -3.89. The Morgan fingerprint density at radius 2 is 1.64 bits per heavy atom. The van der Waals surface area contributed by atoms with E-state index in [0.29, 0.717) is 24.0 Å². The Bertz CT molecular complexity index is 1450. The Balaban J connectivity index is 1.42. The summed E-state index contributed by atoms with van der Waals surface area (Å²) >= 11 is 5.84. The molecule has 4 heterocycles. The van der Waals surface area contributed by atoms with Crippen LogP contribution in [-0.4, -0.2) is 41.0 Å². The minimum absolute atomic E-state index is 0.322. The Labute approximate surface area is 229 Å². The van der Waals surface area contributed by atoms with Crippen LogP contribution in [0.25, 0.3) is 5.69 Å². The molecule has 10 heteroatoms.